The summed E-state index contributed by atoms with van der Waals surface area (Å²) in [5.74, 6) is 0.0383. The number of carbonyl (C=O) groups excluding carboxylic acids is 1. The van der Waals surface area contributed by atoms with E-state index in [1.807, 2.05) is 0 Å². The van der Waals surface area contributed by atoms with Crippen LogP contribution in [0.1, 0.15) is 0 Å². The minimum absolute atomic E-state index is 0.0429. The quantitative estimate of drug-likeness (QED) is 0.534. The number of nitrogens with one attached hydrogen (secondary N) is 1. The first kappa shape index (κ1) is 8.38. The number of aryl methyl sites for hydroxylation is 1. The van der Waals surface area contributed by atoms with Crippen LogP contribution in [0.5, 0.6) is 0 Å². The molecule has 6 heteroatoms. The van der Waals surface area contributed by atoms with Gasteiger partial charge in [0.1, 0.15) is 0 Å². The molecule has 0 aromatic carbocycles. The Kier molecular flexibility index (Phi) is 2.18. The second-order valence-corrected chi connectivity index (χ2v) is 2.43. The Morgan fingerprint density at radius 2 is 2.50 bits per heavy atom. The van der Waals surface area contributed by atoms with Crippen molar-refractivity contribution < 1.29 is 4.79 Å². The predicted molar refractivity (Wildman–Crippen MR) is 45.3 cm³/mol. The number of anilines is 2. The van der Waals surface area contributed by atoms with Crippen LogP contribution in [-0.2, 0) is 11.8 Å². The van der Waals surface area contributed by atoms with Gasteiger partial charge in [-0.3, -0.25) is 9.48 Å². The van der Waals surface area contributed by atoms with Crippen molar-refractivity contribution in [3.63, 3.8) is 0 Å². The lowest BCUT2D eigenvalue weighted by atomic mass is 10.5. The van der Waals surface area contributed by atoms with Crippen molar-refractivity contribution in [2.45, 2.75) is 0 Å². The lowest BCUT2D eigenvalue weighted by Crippen LogP contribution is -2.22. The Bertz CT molecular complexity index is 292. The Labute approximate surface area is 69.5 Å². The number of hydrogen-bond acceptors (Lipinski definition) is 4. The van der Waals surface area contributed by atoms with Crippen molar-refractivity contribution in [2.75, 3.05) is 17.6 Å². The SMILES string of the molecule is Cn1cc(N)c(NCC(N)=O)n1. The number of nitrogen functional groups attached to an aromatic ring is 1. The molecule has 0 bridgehead atoms. The highest BCUT2D eigenvalue weighted by molar-refractivity contribution is 5.79. The number of carbonyl (C=O) groups is 1. The van der Waals surface area contributed by atoms with E-state index in [1.54, 1.807) is 17.9 Å². The van der Waals surface area contributed by atoms with Crippen LogP contribution in [0.25, 0.3) is 0 Å². The molecule has 0 aliphatic heterocycles. The third kappa shape index (κ3) is 1.88. The van der Waals surface area contributed by atoms with Crippen LogP contribution in [-0.4, -0.2) is 22.2 Å². The molecule has 0 unspecified atom stereocenters. The van der Waals surface area contributed by atoms with E-state index in [2.05, 4.69) is 10.4 Å². The first-order chi connectivity index (χ1) is 5.59. The number of nitrogens with zero attached hydrogens (tertiary/aromatic N) is 2. The highest BCUT2D eigenvalue weighted by Crippen LogP contribution is 2.12. The molecule has 1 aromatic heterocycles. The van der Waals surface area contributed by atoms with Gasteiger partial charge in [0.15, 0.2) is 5.82 Å². The average molecular weight is 169 g/mol. The summed E-state index contributed by atoms with van der Waals surface area (Å²) in [7, 11) is 1.74. The zero-order valence-corrected chi connectivity index (χ0v) is 6.74. The second-order valence-electron chi connectivity index (χ2n) is 2.43. The van der Waals surface area contributed by atoms with E-state index in [9.17, 15) is 4.79 Å². The summed E-state index contributed by atoms with van der Waals surface area (Å²) in [6.45, 7) is 0.0429. The molecule has 0 radical (unpaired) electrons. The molecular weight excluding hydrogens is 158 g/mol. The topological polar surface area (TPSA) is 99.0 Å². The number of nitrogens with two attached hydrogens (primary N) is 2. The number of amides is 1. The van der Waals surface area contributed by atoms with Crippen LogP contribution in [0.2, 0.25) is 0 Å². The molecule has 5 N–H and O–H groups in total. The third-order valence-electron chi connectivity index (χ3n) is 1.29. The molecule has 6 nitrogen and oxygen atoms in total. The van der Waals surface area contributed by atoms with Gasteiger partial charge in [0.2, 0.25) is 5.91 Å². The van der Waals surface area contributed by atoms with Crippen molar-refractivity contribution in [1.29, 1.82) is 0 Å². The molecule has 0 aliphatic carbocycles. The van der Waals surface area contributed by atoms with Crippen LogP contribution < -0.4 is 16.8 Å². The highest BCUT2D eigenvalue weighted by Gasteiger charge is 2.03. The van der Waals surface area contributed by atoms with Crippen LogP contribution >= 0.6 is 0 Å². The van der Waals surface area contributed by atoms with E-state index in [4.69, 9.17) is 11.5 Å². The van der Waals surface area contributed by atoms with Gasteiger partial charge in [-0.2, -0.15) is 5.10 Å². The molecule has 1 amide bonds. The third-order valence-corrected chi connectivity index (χ3v) is 1.29. The van der Waals surface area contributed by atoms with Gasteiger partial charge in [-0.1, -0.05) is 0 Å². The van der Waals surface area contributed by atoms with E-state index in [1.165, 1.54) is 0 Å². The standard InChI is InChI=1S/C6H11N5O/c1-11-3-4(7)6(10-11)9-2-5(8)12/h3H,2,7H2,1H3,(H2,8,12)(H,9,10). The Balaban J connectivity index is 2.62. The van der Waals surface area contributed by atoms with Gasteiger partial charge in [-0.25, -0.2) is 0 Å². The molecular formula is C6H11N5O. The van der Waals surface area contributed by atoms with Crippen molar-refractivity contribution in [1.82, 2.24) is 9.78 Å². The molecule has 0 saturated carbocycles. The predicted octanol–water partition coefficient (Wildman–Crippen LogP) is -1.10. The molecule has 1 rings (SSSR count). The minimum atomic E-state index is -0.444. The van der Waals surface area contributed by atoms with Crippen LogP contribution in [0.4, 0.5) is 11.5 Å². The monoisotopic (exact) mass is 169 g/mol. The fourth-order valence-corrected chi connectivity index (χ4v) is 0.815. The summed E-state index contributed by atoms with van der Waals surface area (Å²) in [5.41, 5.74) is 10.9. The largest absolute Gasteiger partial charge is 0.394 e. The van der Waals surface area contributed by atoms with Gasteiger partial charge < -0.3 is 16.8 Å². The van der Waals surface area contributed by atoms with Crippen molar-refractivity contribution in [3.05, 3.63) is 6.20 Å². The van der Waals surface area contributed by atoms with Gasteiger partial charge in [-0.15, -0.1) is 0 Å². The highest BCUT2D eigenvalue weighted by atomic mass is 16.1. The van der Waals surface area contributed by atoms with Crippen LogP contribution in [0.15, 0.2) is 6.20 Å². The van der Waals surface area contributed by atoms with Crippen molar-refractivity contribution in [2.24, 2.45) is 12.8 Å². The normalized spacial score (nSPS) is 9.75. The molecule has 0 saturated heterocycles. The van der Waals surface area contributed by atoms with Gasteiger partial charge in [0.05, 0.1) is 12.2 Å². The van der Waals surface area contributed by atoms with E-state index in [0.717, 1.165) is 0 Å². The lowest BCUT2D eigenvalue weighted by molar-refractivity contribution is -0.116. The molecule has 66 valence electrons. The van der Waals surface area contributed by atoms with Crippen molar-refractivity contribution in [3.8, 4) is 0 Å². The molecule has 12 heavy (non-hydrogen) atoms. The Morgan fingerprint density at radius 3 is 2.92 bits per heavy atom. The van der Waals surface area contributed by atoms with Crippen LogP contribution in [0.3, 0.4) is 0 Å². The zero-order valence-electron chi connectivity index (χ0n) is 6.74. The van der Waals surface area contributed by atoms with Gasteiger partial charge in [0.25, 0.3) is 0 Å². The van der Waals surface area contributed by atoms with Gasteiger partial charge >= 0.3 is 0 Å². The minimum Gasteiger partial charge on any atom is -0.394 e. The fraction of sp³-hybridized carbons (Fsp3) is 0.333. The fourth-order valence-electron chi connectivity index (χ4n) is 0.815. The number of aromatic nitrogens is 2. The van der Waals surface area contributed by atoms with E-state index >= 15 is 0 Å². The lowest BCUT2D eigenvalue weighted by Gasteiger charge is -1.98. The zero-order chi connectivity index (χ0) is 9.14. The smallest absolute Gasteiger partial charge is 0.236 e. The molecule has 1 aromatic rings. The first-order valence-electron chi connectivity index (χ1n) is 3.41. The maximum atomic E-state index is 10.4. The maximum absolute atomic E-state index is 10.4. The summed E-state index contributed by atoms with van der Waals surface area (Å²) in [4.78, 5) is 10.4. The average Bonchev–Trinajstić information content (AvgIpc) is 2.26. The van der Waals surface area contributed by atoms with Crippen molar-refractivity contribution >= 4 is 17.4 Å². The Hall–Kier alpha value is -1.72. The summed E-state index contributed by atoms with van der Waals surface area (Å²) < 4.78 is 1.55. The number of primary amides is 1. The Morgan fingerprint density at radius 1 is 1.83 bits per heavy atom. The van der Waals surface area contributed by atoms with Crippen LogP contribution in [0, 0.1) is 0 Å². The molecule has 1 heterocycles. The summed E-state index contributed by atoms with van der Waals surface area (Å²) in [6, 6.07) is 0. The number of hydrogen-bond donors (Lipinski definition) is 3. The summed E-state index contributed by atoms with van der Waals surface area (Å²) in [5, 5.41) is 6.66. The molecule has 0 fully saturated rings. The second kappa shape index (κ2) is 3.12. The number of rotatable bonds is 3. The summed E-state index contributed by atoms with van der Waals surface area (Å²) in [6.07, 6.45) is 1.64. The first-order valence-corrected chi connectivity index (χ1v) is 3.41. The van der Waals surface area contributed by atoms with E-state index in [-0.39, 0.29) is 6.54 Å². The van der Waals surface area contributed by atoms with E-state index in [0.29, 0.717) is 11.5 Å². The van der Waals surface area contributed by atoms with Gasteiger partial charge in [0, 0.05) is 13.2 Å². The molecule has 0 aliphatic rings. The van der Waals surface area contributed by atoms with Gasteiger partial charge in [-0.05, 0) is 0 Å². The molecule has 0 spiro atoms. The maximum Gasteiger partial charge on any atom is 0.236 e. The van der Waals surface area contributed by atoms with E-state index < -0.39 is 5.91 Å². The summed E-state index contributed by atoms with van der Waals surface area (Å²) >= 11 is 0. The molecule has 0 atom stereocenters.